The molecule has 1 aliphatic carbocycles. The van der Waals surface area contributed by atoms with Gasteiger partial charge in [0.25, 0.3) is 0 Å². The topological polar surface area (TPSA) is 38.5 Å². The van der Waals surface area contributed by atoms with Crippen LogP contribution < -0.4 is 15.4 Å². The van der Waals surface area contributed by atoms with Gasteiger partial charge in [-0.3, -0.25) is 0 Å². The number of ether oxygens (including phenoxy) is 1. The highest BCUT2D eigenvalue weighted by Crippen LogP contribution is 2.42. The van der Waals surface area contributed by atoms with E-state index in [0.717, 1.165) is 18.2 Å². The molecule has 1 saturated heterocycles. The van der Waals surface area contributed by atoms with Crippen molar-refractivity contribution >= 4 is 5.69 Å². The second kappa shape index (κ2) is 5.65. The summed E-state index contributed by atoms with van der Waals surface area (Å²) in [5.74, 6) is 1.81. The fraction of sp³-hybridized carbons (Fsp3) is 0.647. The van der Waals surface area contributed by atoms with Crippen molar-refractivity contribution in [3.8, 4) is 5.75 Å². The second-order valence-corrected chi connectivity index (χ2v) is 6.28. The van der Waals surface area contributed by atoms with E-state index in [2.05, 4.69) is 24.0 Å². The number of benzene rings is 1. The number of piperidine rings is 1. The van der Waals surface area contributed by atoms with E-state index in [1.54, 1.807) is 7.11 Å². The summed E-state index contributed by atoms with van der Waals surface area (Å²) in [6.07, 6.45) is 6.82. The van der Waals surface area contributed by atoms with Gasteiger partial charge in [0.15, 0.2) is 0 Å². The highest BCUT2D eigenvalue weighted by Gasteiger charge is 2.36. The minimum atomic E-state index is 0.00271. The van der Waals surface area contributed by atoms with Crippen molar-refractivity contribution in [1.29, 1.82) is 0 Å². The molecule has 2 aliphatic rings. The van der Waals surface area contributed by atoms with Gasteiger partial charge in [0.05, 0.1) is 7.11 Å². The first-order valence-corrected chi connectivity index (χ1v) is 7.91. The van der Waals surface area contributed by atoms with Gasteiger partial charge in [0, 0.05) is 29.9 Å². The molecule has 0 spiro atoms. The van der Waals surface area contributed by atoms with Crippen LogP contribution in [0.1, 0.15) is 50.6 Å². The molecule has 1 aliphatic heterocycles. The van der Waals surface area contributed by atoms with Gasteiger partial charge in [0.1, 0.15) is 5.75 Å². The Labute approximate surface area is 122 Å². The zero-order valence-electron chi connectivity index (χ0n) is 12.6. The molecule has 1 saturated carbocycles. The lowest BCUT2D eigenvalue weighted by molar-refractivity contribution is 0.360. The van der Waals surface area contributed by atoms with Crippen LogP contribution in [0.25, 0.3) is 0 Å². The number of anilines is 1. The second-order valence-electron chi connectivity index (χ2n) is 6.28. The third kappa shape index (κ3) is 2.28. The quantitative estimate of drug-likeness (QED) is 0.917. The molecule has 3 unspecified atom stereocenters. The molecular weight excluding hydrogens is 248 g/mol. The molecule has 1 aromatic carbocycles. The standard InChI is InChI=1S/C17H26N2O/c1-12(18)17-15(9-4-10-16(17)20-2)19-11-5-7-13-6-3-8-14(13)19/h4,9-10,12-14H,3,5-8,11,18H2,1-2H3. The molecule has 3 atom stereocenters. The zero-order chi connectivity index (χ0) is 14.1. The van der Waals surface area contributed by atoms with E-state index in [1.807, 2.05) is 6.07 Å². The highest BCUT2D eigenvalue weighted by molar-refractivity contribution is 5.61. The Bertz CT molecular complexity index is 472. The molecule has 20 heavy (non-hydrogen) atoms. The van der Waals surface area contributed by atoms with Gasteiger partial charge < -0.3 is 15.4 Å². The summed E-state index contributed by atoms with van der Waals surface area (Å²) in [5.41, 5.74) is 8.70. The predicted octanol–water partition coefficient (Wildman–Crippen LogP) is 3.48. The lowest BCUT2D eigenvalue weighted by Crippen LogP contribution is -2.43. The van der Waals surface area contributed by atoms with E-state index >= 15 is 0 Å². The van der Waals surface area contributed by atoms with Crippen molar-refractivity contribution in [1.82, 2.24) is 0 Å². The monoisotopic (exact) mass is 274 g/mol. The predicted molar refractivity (Wildman–Crippen MR) is 83.3 cm³/mol. The van der Waals surface area contributed by atoms with E-state index in [-0.39, 0.29) is 6.04 Å². The summed E-state index contributed by atoms with van der Waals surface area (Å²) in [7, 11) is 1.74. The molecule has 0 bridgehead atoms. The van der Waals surface area contributed by atoms with E-state index in [1.165, 1.54) is 43.4 Å². The maximum absolute atomic E-state index is 6.23. The molecule has 1 aromatic rings. The van der Waals surface area contributed by atoms with Crippen molar-refractivity contribution < 1.29 is 4.74 Å². The van der Waals surface area contributed by atoms with Crippen molar-refractivity contribution in [3.63, 3.8) is 0 Å². The first-order chi connectivity index (χ1) is 9.72. The van der Waals surface area contributed by atoms with E-state index in [0.29, 0.717) is 6.04 Å². The molecule has 1 heterocycles. The van der Waals surface area contributed by atoms with Crippen LogP contribution in [0.2, 0.25) is 0 Å². The Morgan fingerprint density at radius 3 is 2.80 bits per heavy atom. The number of nitrogens with zero attached hydrogens (tertiary/aromatic N) is 1. The van der Waals surface area contributed by atoms with Crippen LogP contribution in [-0.2, 0) is 0 Å². The van der Waals surface area contributed by atoms with Gasteiger partial charge in [0.2, 0.25) is 0 Å². The number of nitrogens with two attached hydrogens (primary N) is 1. The van der Waals surface area contributed by atoms with Crippen molar-refractivity contribution in [3.05, 3.63) is 23.8 Å². The number of rotatable bonds is 3. The largest absolute Gasteiger partial charge is 0.496 e. The van der Waals surface area contributed by atoms with Crippen LogP contribution in [0.4, 0.5) is 5.69 Å². The molecule has 3 rings (SSSR count). The van der Waals surface area contributed by atoms with Gasteiger partial charge in [-0.1, -0.05) is 12.5 Å². The molecule has 2 fully saturated rings. The van der Waals surface area contributed by atoms with Crippen LogP contribution in [-0.4, -0.2) is 19.7 Å². The highest BCUT2D eigenvalue weighted by atomic mass is 16.5. The van der Waals surface area contributed by atoms with Gasteiger partial charge in [-0.05, 0) is 50.7 Å². The molecule has 3 nitrogen and oxygen atoms in total. The van der Waals surface area contributed by atoms with Crippen LogP contribution in [0, 0.1) is 5.92 Å². The first kappa shape index (κ1) is 13.7. The normalized spacial score (nSPS) is 27.2. The lowest BCUT2D eigenvalue weighted by atomic mass is 9.90. The van der Waals surface area contributed by atoms with Gasteiger partial charge >= 0.3 is 0 Å². The number of hydrogen-bond acceptors (Lipinski definition) is 3. The Kier molecular flexibility index (Phi) is 3.88. The van der Waals surface area contributed by atoms with Crippen LogP contribution in [0.15, 0.2) is 18.2 Å². The smallest absolute Gasteiger partial charge is 0.125 e. The van der Waals surface area contributed by atoms with Crippen LogP contribution >= 0.6 is 0 Å². The summed E-state index contributed by atoms with van der Waals surface area (Å²) in [6, 6.07) is 7.06. The summed E-state index contributed by atoms with van der Waals surface area (Å²) in [5, 5.41) is 0. The molecule has 0 radical (unpaired) electrons. The third-order valence-corrected chi connectivity index (χ3v) is 5.02. The fourth-order valence-corrected chi connectivity index (χ4v) is 4.17. The maximum atomic E-state index is 6.23. The number of hydrogen-bond donors (Lipinski definition) is 1. The molecule has 110 valence electrons. The molecule has 3 heteroatoms. The average Bonchev–Trinajstić information content (AvgIpc) is 2.94. The summed E-state index contributed by atoms with van der Waals surface area (Å²) in [4.78, 5) is 2.61. The van der Waals surface area contributed by atoms with E-state index < -0.39 is 0 Å². The molecule has 2 N–H and O–H groups in total. The minimum absolute atomic E-state index is 0.00271. The summed E-state index contributed by atoms with van der Waals surface area (Å²) in [6.45, 7) is 3.21. The lowest BCUT2D eigenvalue weighted by Gasteiger charge is -2.41. The molecule has 0 aromatic heterocycles. The van der Waals surface area contributed by atoms with E-state index in [4.69, 9.17) is 10.5 Å². The molecule has 0 amide bonds. The average molecular weight is 274 g/mol. The Morgan fingerprint density at radius 2 is 2.05 bits per heavy atom. The molecular formula is C17H26N2O. The minimum Gasteiger partial charge on any atom is -0.496 e. The van der Waals surface area contributed by atoms with Crippen molar-refractivity contribution in [2.75, 3.05) is 18.6 Å². The number of fused-ring (bicyclic) bond motifs is 1. The van der Waals surface area contributed by atoms with E-state index in [9.17, 15) is 0 Å². The fourth-order valence-electron chi connectivity index (χ4n) is 4.17. The zero-order valence-corrected chi connectivity index (χ0v) is 12.6. The summed E-state index contributed by atoms with van der Waals surface area (Å²) >= 11 is 0. The number of methoxy groups -OCH3 is 1. The third-order valence-electron chi connectivity index (χ3n) is 5.02. The SMILES string of the molecule is COc1cccc(N2CCCC3CCCC32)c1C(C)N. The Morgan fingerprint density at radius 1 is 1.25 bits per heavy atom. The van der Waals surface area contributed by atoms with Crippen molar-refractivity contribution in [2.24, 2.45) is 11.7 Å². The van der Waals surface area contributed by atoms with Gasteiger partial charge in [-0.2, -0.15) is 0 Å². The maximum Gasteiger partial charge on any atom is 0.125 e. The van der Waals surface area contributed by atoms with Crippen LogP contribution in [0.3, 0.4) is 0 Å². The van der Waals surface area contributed by atoms with Gasteiger partial charge in [-0.25, -0.2) is 0 Å². The summed E-state index contributed by atoms with van der Waals surface area (Å²) < 4.78 is 5.54. The van der Waals surface area contributed by atoms with Crippen LogP contribution in [0.5, 0.6) is 5.75 Å². The van der Waals surface area contributed by atoms with Gasteiger partial charge in [-0.15, -0.1) is 0 Å². The Balaban J connectivity index is 2.00. The van der Waals surface area contributed by atoms with Crippen molar-refractivity contribution in [2.45, 2.75) is 51.1 Å². The first-order valence-electron chi connectivity index (χ1n) is 7.91. The Hall–Kier alpha value is -1.22.